The number of nitrogens with zero attached hydrogens (tertiary/aromatic N) is 1. The van der Waals surface area contributed by atoms with Crippen molar-refractivity contribution < 1.29 is 18.0 Å². The summed E-state index contributed by atoms with van der Waals surface area (Å²) in [6.45, 7) is 0.163. The molecule has 1 aromatic heterocycles. The summed E-state index contributed by atoms with van der Waals surface area (Å²) in [5.41, 5.74) is -0.244. The molecule has 0 saturated carbocycles. The minimum Gasteiger partial charge on any atom is -0.346 e. The second kappa shape index (κ2) is 5.73. The standard InChI is InChI=1S/C14H11F3N2O/c15-14(16,17)11-5-3-4-10(8-11)13(20)19-9-12-6-1-2-7-18-12/h1-8H,9H2,(H,19,20). The highest BCUT2D eigenvalue weighted by Gasteiger charge is 2.30. The molecule has 0 aliphatic carbocycles. The number of aromatic nitrogens is 1. The zero-order valence-corrected chi connectivity index (χ0v) is 10.3. The molecule has 0 radical (unpaired) electrons. The number of carbonyl (C=O) groups excluding carboxylic acids is 1. The Morgan fingerprint density at radius 3 is 2.60 bits per heavy atom. The van der Waals surface area contributed by atoms with Crippen molar-refractivity contribution in [3.05, 3.63) is 65.5 Å². The maximum atomic E-state index is 12.5. The van der Waals surface area contributed by atoms with Crippen LogP contribution in [0.25, 0.3) is 0 Å². The lowest BCUT2D eigenvalue weighted by Crippen LogP contribution is -2.23. The first-order chi connectivity index (χ1) is 9.47. The first-order valence-electron chi connectivity index (χ1n) is 5.82. The van der Waals surface area contributed by atoms with E-state index in [0.717, 1.165) is 12.1 Å². The molecule has 0 atom stereocenters. The van der Waals surface area contributed by atoms with Crippen molar-refractivity contribution in [1.29, 1.82) is 0 Å². The Morgan fingerprint density at radius 1 is 1.15 bits per heavy atom. The van der Waals surface area contributed by atoms with Crippen LogP contribution in [0.4, 0.5) is 13.2 Å². The molecular formula is C14H11F3N2O. The van der Waals surface area contributed by atoms with Crippen LogP contribution in [0.5, 0.6) is 0 Å². The van der Waals surface area contributed by atoms with Gasteiger partial charge >= 0.3 is 6.18 Å². The number of halogens is 3. The smallest absolute Gasteiger partial charge is 0.346 e. The van der Waals surface area contributed by atoms with Crippen molar-refractivity contribution in [2.24, 2.45) is 0 Å². The molecule has 104 valence electrons. The zero-order valence-electron chi connectivity index (χ0n) is 10.3. The molecule has 1 N–H and O–H groups in total. The molecule has 0 bridgehead atoms. The molecule has 2 rings (SSSR count). The van der Waals surface area contributed by atoms with Crippen LogP contribution >= 0.6 is 0 Å². The average Bonchev–Trinajstić information content (AvgIpc) is 2.45. The van der Waals surface area contributed by atoms with E-state index in [1.807, 2.05) is 0 Å². The Labute approximate surface area is 113 Å². The van der Waals surface area contributed by atoms with Gasteiger partial charge < -0.3 is 5.32 Å². The van der Waals surface area contributed by atoms with Crippen LogP contribution < -0.4 is 5.32 Å². The molecule has 0 aliphatic rings. The normalized spacial score (nSPS) is 11.2. The SMILES string of the molecule is O=C(NCc1ccccn1)c1cccc(C(F)(F)F)c1. The van der Waals surface area contributed by atoms with Crippen LogP contribution in [0.3, 0.4) is 0 Å². The first kappa shape index (κ1) is 14.0. The lowest BCUT2D eigenvalue weighted by atomic mass is 10.1. The predicted molar refractivity (Wildman–Crippen MR) is 66.9 cm³/mol. The van der Waals surface area contributed by atoms with E-state index in [0.29, 0.717) is 5.69 Å². The molecule has 1 heterocycles. The van der Waals surface area contributed by atoms with Gasteiger partial charge in [0.2, 0.25) is 0 Å². The number of pyridine rings is 1. The lowest BCUT2D eigenvalue weighted by molar-refractivity contribution is -0.137. The van der Waals surface area contributed by atoms with Crippen molar-refractivity contribution in [2.45, 2.75) is 12.7 Å². The highest BCUT2D eigenvalue weighted by Crippen LogP contribution is 2.29. The van der Waals surface area contributed by atoms with E-state index >= 15 is 0 Å². The fourth-order valence-electron chi connectivity index (χ4n) is 1.61. The number of rotatable bonds is 3. The second-order valence-electron chi connectivity index (χ2n) is 4.08. The summed E-state index contributed by atoms with van der Waals surface area (Å²) in [5.74, 6) is -0.568. The summed E-state index contributed by atoms with van der Waals surface area (Å²) in [6, 6.07) is 9.51. The van der Waals surface area contributed by atoms with Gasteiger partial charge in [0.05, 0.1) is 17.8 Å². The molecule has 0 fully saturated rings. The van der Waals surface area contributed by atoms with Crippen molar-refractivity contribution in [2.75, 3.05) is 0 Å². The van der Waals surface area contributed by atoms with Crippen LogP contribution in [-0.2, 0) is 12.7 Å². The van der Waals surface area contributed by atoms with Gasteiger partial charge in [-0.2, -0.15) is 13.2 Å². The molecule has 0 aliphatic heterocycles. The fourth-order valence-corrected chi connectivity index (χ4v) is 1.61. The van der Waals surface area contributed by atoms with Gasteiger partial charge in [-0.1, -0.05) is 12.1 Å². The van der Waals surface area contributed by atoms with Gasteiger partial charge in [0.15, 0.2) is 0 Å². The van der Waals surface area contributed by atoms with Crippen LogP contribution in [0, 0.1) is 0 Å². The lowest BCUT2D eigenvalue weighted by Gasteiger charge is -2.09. The summed E-state index contributed by atoms with van der Waals surface area (Å²) >= 11 is 0. The van der Waals surface area contributed by atoms with Crippen molar-refractivity contribution in [3.8, 4) is 0 Å². The maximum Gasteiger partial charge on any atom is 0.416 e. The summed E-state index contributed by atoms with van der Waals surface area (Å²) in [5, 5.41) is 2.53. The van der Waals surface area contributed by atoms with Gasteiger partial charge in [-0.25, -0.2) is 0 Å². The Morgan fingerprint density at radius 2 is 1.95 bits per heavy atom. The summed E-state index contributed by atoms with van der Waals surface area (Å²) in [4.78, 5) is 15.8. The highest BCUT2D eigenvalue weighted by molar-refractivity contribution is 5.94. The number of amides is 1. The van der Waals surface area contributed by atoms with Crippen LogP contribution in [-0.4, -0.2) is 10.9 Å². The number of nitrogens with one attached hydrogen (secondary N) is 1. The number of benzene rings is 1. The Balaban J connectivity index is 2.06. The predicted octanol–water partition coefficient (Wildman–Crippen LogP) is 3.03. The number of carbonyl (C=O) groups is 1. The van der Waals surface area contributed by atoms with Gasteiger partial charge in [0, 0.05) is 11.8 Å². The highest BCUT2D eigenvalue weighted by atomic mass is 19.4. The fraction of sp³-hybridized carbons (Fsp3) is 0.143. The van der Waals surface area contributed by atoms with E-state index < -0.39 is 17.6 Å². The number of hydrogen-bond acceptors (Lipinski definition) is 2. The zero-order chi connectivity index (χ0) is 14.6. The Bertz CT molecular complexity index is 597. The second-order valence-corrected chi connectivity index (χ2v) is 4.08. The molecule has 0 unspecified atom stereocenters. The third kappa shape index (κ3) is 3.57. The quantitative estimate of drug-likeness (QED) is 0.939. The monoisotopic (exact) mass is 280 g/mol. The van der Waals surface area contributed by atoms with Crippen LogP contribution in [0.15, 0.2) is 48.7 Å². The molecule has 6 heteroatoms. The van der Waals surface area contributed by atoms with E-state index in [1.165, 1.54) is 12.1 Å². The van der Waals surface area contributed by atoms with E-state index in [-0.39, 0.29) is 12.1 Å². The van der Waals surface area contributed by atoms with Gasteiger partial charge in [0.1, 0.15) is 0 Å². The Kier molecular flexibility index (Phi) is 4.02. The number of hydrogen-bond donors (Lipinski definition) is 1. The molecule has 1 amide bonds. The summed E-state index contributed by atoms with van der Waals surface area (Å²) < 4.78 is 37.6. The minimum absolute atomic E-state index is 0.0317. The van der Waals surface area contributed by atoms with Crippen LogP contribution in [0.2, 0.25) is 0 Å². The van der Waals surface area contributed by atoms with Crippen molar-refractivity contribution in [1.82, 2.24) is 10.3 Å². The molecule has 20 heavy (non-hydrogen) atoms. The van der Waals surface area contributed by atoms with Gasteiger partial charge in [-0.3, -0.25) is 9.78 Å². The molecule has 2 aromatic rings. The first-order valence-corrected chi connectivity index (χ1v) is 5.82. The summed E-state index contributed by atoms with van der Waals surface area (Å²) in [7, 11) is 0. The minimum atomic E-state index is -4.46. The van der Waals surface area contributed by atoms with Gasteiger partial charge in [0.25, 0.3) is 5.91 Å². The van der Waals surface area contributed by atoms with Crippen LogP contribution in [0.1, 0.15) is 21.6 Å². The maximum absolute atomic E-state index is 12.5. The van der Waals surface area contributed by atoms with E-state index in [1.54, 1.807) is 24.4 Å². The van der Waals surface area contributed by atoms with Gasteiger partial charge in [-0.05, 0) is 30.3 Å². The van der Waals surface area contributed by atoms with E-state index in [4.69, 9.17) is 0 Å². The number of alkyl halides is 3. The van der Waals surface area contributed by atoms with E-state index in [2.05, 4.69) is 10.3 Å². The van der Waals surface area contributed by atoms with Crippen molar-refractivity contribution >= 4 is 5.91 Å². The van der Waals surface area contributed by atoms with Crippen molar-refractivity contribution in [3.63, 3.8) is 0 Å². The topological polar surface area (TPSA) is 42.0 Å². The summed E-state index contributed by atoms with van der Waals surface area (Å²) in [6.07, 6.45) is -2.89. The molecule has 1 aromatic carbocycles. The van der Waals surface area contributed by atoms with Gasteiger partial charge in [-0.15, -0.1) is 0 Å². The average molecular weight is 280 g/mol. The van der Waals surface area contributed by atoms with E-state index in [9.17, 15) is 18.0 Å². The largest absolute Gasteiger partial charge is 0.416 e. The molecular weight excluding hydrogens is 269 g/mol. The molecule has 3 nitrogen and oxygen atoms in total. The molecule has 0 spiro atoms. The third-order valence-corrected chi connectivity index (χ3v) is 2.61. The Hall–Kier alpha value is -2.37. The molecule has 0 saturated heterocycles. The third-order valence-electron chi connectivity index (χ3n) is 2.61.